The van der Waals surface area contributed by atoms with Crippen molar-refractivity contribution >= 4 is 0 Å². The predicted octanol–water partition coefficient (Wildman–Crippen LogP) is 3.10. The summed E-state index contributed by atoms with van der Waals surface area (Å²) < 4.78 is 12.8. The number of imidazole rings is 1. The highest BCUT2D eigenvalue weighted by Gasteiger charge is 2.10. The van der Waals surface area contributed by atoms with E-state index in [2.05, 4.69) is 36.1 Å². The molecule has 1 aromatic heterocycles. The van der Waals surface area contributed by atoms with Crippen molar-refractivity contribution < 1.29 is 4.39 Å². The van der Waals surface area contributed by atoms with Gasteiger partial charge in [0.05, 0.1) is 0 Å². The van der Waals surface area contributed by atoms with Crippen LogP contribution in [-0.2, 0) is 6.54 Å². The van der Waals surface area contributed by atoms with Crippen molar-refractivity contribution in [1.82, 2.24) is 15.3 Å². The van der Waals surface area contributed by atoms with Gasteiger partial charge >= 0.3 is 0 Å². The molecule has 2 N–H and O–H groups in total. The van der Waals surface area contributed by atoms with Gasteiger partial charge < -0.3 is 10.3 Å². The second-order valence-corrected chi connectivity index (χ2v) is 5.37. The van der Waals surface area contributed by atoms with Gasteiger partial charge in [0.15, 0.2) is 0 Å². The Morgan fingerprint density at radius 3 is 2.50 bits per heavy atom. The number of aromatic amines is 1. The SMILES string of the molecule is CC(C)(C)NCc1cnc(-c2ccc(F)cc2)[nH]1. The van der Waals surface area contributed by atoms with Gasteiger partial charge in [0.2, 0.25) is 0 Å². The molecule has 2 aromatic rings. The zero-order valence-corrected chi connectivity index (χ0v) is 10.9. The Bertz CT molecular complexity index is 509. The van der Waals surface area contributed by atoms with Crippen molar-refractivity contribution in [3.8, 4) is 11.4 Å². The molecule has 0 radical (unpaired) electrons. The first-order chi connectivity index (χ1) is 8.44. The van der Waals surface area contributed by atoms with E-state index >= 15 is 0 Å². The summed E-state index contributed by atoms with van der Waals surface area (Å²) in [5.41, 5.74) is 1.98. The van der Waals surface area contributed by atoms with Crippen LogP contribution in [0.3, 0.4) is 0 Å². The number of H-pyrrole nitrogens is 1. The van der Waals surface area contributed by atoms with Crippen LogP contribution in [0.25, 0.3) is 11.4 Å². The molecule has 3 nitrogen and oxygen atoms in total. The molecule has 0 aliphatic heterocycles. The summed E-state index contributed by atoms with van der Waals surface area (Å²) in [4.78, 5) is 7.52. The van der Waals surface area contributed by atoms with E-state index in [0.29, 0.717) is 0 Å². The summed E-state index contributed by atoms with van der Waals surface area (Å²) in [7, 11) is 0. The lowest BCUT2D eigenvalue weighted by Gasteiger charge is -2.19. The lowest BCUT2D eigenvalue weighted by atomic mass is 10.1. The van der Waals surface area contributed by atoms with Gasteiger partial charge in [-0.1, -0.05) is 0 Å². The Labute approximate surface area is 106 Å². The predicted molar refractivity (Wildman–Crippen MR) is 70.6 cm³/mol. The molecule has 0 unspecified atom stereocenters. The molecule has 0 saturated carbocycles. The van der Waals surface area contributed by atoms with E-state index in [-0.39, 0.29) is 11.4 Å². The van der Waals surface area contributed by atoms with Crippen LogP contribution < -0.4 is 5.32 Å². The molecule has 0 bridgehead atoms. The highest BCUT2D eigenvalue weighted by atomic mass is 19.1. The minimum absolute atomic E-state index is 0.0706. The van der Waals surface area contributed by atoms with Gasteiger partial charge in [-0.05, 0) is 45.0 Å². The quantitative estimate of drug-likeness (QED) is 0.875. The Balaban J connectivity index is 2.08. The third-order valence-electron chi connectivity index (χ3n) is 2.56. The van der Waals surface area contributed by atoms with Crippen LogP contribution in [0, 0.1) is 5.82 Å². The second kappa shape index (κ2) is 4.90. The first kappa shape index (κ1) is 12.8. The van der Waals surface area contributed by atoms with Crippen LogP contribution >= 0.6 is 0 Å². The smallest absolute Gasteiger partial charge is 0.137 e. The van der Waals surface area contributed by atoms with Gasteiger partial charge in [0, 0.05) is 29.5 Å². The van der Waals surface area contributed by atoms with Gasteiger partial charge in [-0.15, -0.1) is 0 Å². The minimum Gasteiger partial charge on any atom is -0.341 e. The highest BCUT2D eigenvalue weighted by molar-refractivity contribution is 5.54. The summed E-state index contributed by atoms with van der Waals surface area (Å²) >= 11 is 0. The Morgan fingerprint density at radius 1 is 1.22 bits per heavy atom. The average molecular weight is 247 g/mol. The van der Waals surface area contributed by atoms with E-state index in [1.807, 2.05) is 0 Å². The number of halogens is 1. The van der Waals surface area contributed by atoms with Crippen LogP contribution in [0.5, 0.6) is 0 Å². The van der Waals surface area contributed by atoms with Crippen LogP contribution in [0.2, 0.25) is 0 Å². The number of hydrogen-bond acceptors (Lipinski definition) is 2. The topological polar surface area (TPSA) is 40.7 Å². The molecule has 1 heterocycles. The molecule has 4 heteroatoms. The zero-order valence-electron chi connectivity index (χ0n) is 10.9. The molecule has 0 aliphatic carbocycles. The first-order valence-electron chi connectivity index (χ1n) is 5.99. The molecule has 1 aromatic carbocycles. The molecule has 0 amide bonds. The molecule has 0 aliphatic rings. The number of hydrogen-bond donors (Lipinski definition) is 2. The number of nitrogens with zero attached hydrogens (tertiary/aromatic N) is 1. The fourth-order valence-corrected chi connectivity index (χ4v) is 1.56. The van der Waals surface area contributed by atoms with Crippen molar-refractivity contribution in [2.24, 2.45) is 0 Å². The van der Waals surface area contributed by atoms with E-state index in [1.54, 1.807) is 18.3 Å². The number of aromatic nitrogens is 2. The Morgan fingerprint density at radius 2 is 1.89 bits per heavy atom. The summed E-state index contributed by atoms with van der Waals surface area (Å²) in [6.07, 6.45) is 1.80. The molecular formula is C14H18FN3. The van der Waals surface area contributed by atoms with Crippen LogP contribution in [0.15, 0.2) is 30.5 Å². The fraction of sp³-hybridized carbons (Fsp3) is 0.357. The second-order valence-electron chi connectivity index (χ2n) is 5.37. The van der Waals surface area contributed by atoms with Gasteiger partial charge in [-0.3, -0.25) is 0 Å². The van der Waals surface area contributed by atoms with Crippen LogP contribution in [0.4, 0.5) is 4.39 Å². The van der Waals surface area contributed by atoms with E-state index < -0.39 is 0 Å². The first-order valence-corrected chi connectivity index (χ1v) is 5.99. The maximum absolute atomic E-state index is 12.8. The standard InChI is InChI=1S/C14H18FN3/c1-14(2,3)17-9-12-8-16-13(18-12)10-4-6-11(15)7-5-10/h4-8,17H,9H2,1-3H3,(H,16,18). The molecule has 0 fully saturated rings. The summed E-state index contributed by atoms with van der Waals surface area (Å²) in [5, 5.41) is 3.38. The van der Waals surface area contributed by atoms with Crippen molar-refractivity contribution in [3.05, 3.63) is 42.0 Å². The van der Waals surface area contributed by atoms with Gasteiger partial charge in [0.1, 0.15) is 11.6 Å². The molecular weight excluding hydrogens is 229 g/mol. The molecule has 0 atom stereocenters. The van der Waals surface area contributed by atoms with E-state index in [1.165, 1.54) is 12.1 Å². The largest absolute Gasteiger partial charge is 0.341 e. The van der Waals surface area contributed by atoms with Gasteiger partial charge in [-0.25, -0.2) is 9.37 Å². The maximum atomic E-state index is 12.8. The van der Waals surface area contributed by atoms with Crippen LogP contribution in [0.1, 0.15) is 26.5 Å². The number of nitrogens with one attached hydrogen (secondary N) is 2. The lowest BCUT2D eigenvalue weighted by molar-refractivity contribution is 0.422. The van der Waals surface area contributed by atoms with E-state index in [0.717, 1.165) is 23.6 Å². The van der Waals surface area contributed by atoms with Crippen molar-refractivity contribution in [2.45, 2.75) is 32.9 Å². The van der Waals surface area contributed by atoms with Crippen LogP contribution in [-0.4, -0.2) is 15.5 Å². The molecule has 0 saturated heterocycles. The van der Waals surface area contributed by atoms with Crippen molar-refractivity contribution in [3.63, 3.8) is 0 Å². The molecule has 0 spiro atoms. The maximum Gasteiger partial charge on any atom is 0.137 e. The van der Waals surface area contributed by atoms with E-state index in [9.17, 15) is 4.39 Å². The third kappa shape index (κ3) is 3.40. The fourth-order valence-electron chi connectivity index (χ4n) is 1.56. The summed E-state index contributed by atoms with van der Waals surface area (Å²) in [5.74, 6) is 0.528. The van der Waals surface area contributed by atoms with Gasteiger partial charge in [0.25, 0.3) is 0 Å². The van der Waals surface area contributed by atoms with Crippen molar-refractivity contribution in [2.75, 3.05) is 0 Å². The average Bonchev–Trinajstić information content (AvgIpc) is 2.75. The monoisotopic (exact) mass is 247 g/mol. The Kier molecular flexibility index (Phi) is 3.48. The normalized spacial score (nSPS) is 11.8. The number of rotatable bonds is 3. The summed E-state index contributed by atoms with van der Waals surface area (Å²) in [6.45, 7) is 7.08. The molecule has 96 valence electrons. The minimum atomic E-state index is -0.236. The Hall–Kier alpha value is -1.68. The van der Waals surface area contributed by atoms with Crippen molar-refractivity contribution in [1.29, 1.82) is 0 Å². The number of benzene rings is 1. The zero-order chi connectivity index (χ0) is 13.2. The van der Waals surface area contributed by atoms with E-state index in [4.69, 9.17) is 0 Å². The summed E-state index contributed by atoms with van der Waals surface area (Å²) in [6, 6.07) is 6.31. The molecule has 2 rings (SSSR count). The lowest BCUT2D eigenvalue weighted by Crippen LogP contribution is -2.35. The van der Waals surface area contributed by atoms with Gasteiger partial charge in [-0.2, -0.15) is 0 Å². The molecule has 18 heavy (non-hydrogen) atoms. The third-order valence-corrected chi connectivity index (χ3v) is 2.56. The highest BCUT2D eigenvalue weighted by Crippen LogP contribution is 2.16.